The van der Waals surface area contributed by atoms with Gasteiger partial charge in [0, 0.05) is 25.3 Å². The van der Waals surface area contributed by atoms with Crippen LogP contribution in [0.4, 0.5) is 5.69 Å². The molecular formula is C23H29N3O5S. The van der Waals surface area contributed by atoms with Crippen molar-refractivity contribution >= 4 is 27.6 Å². The van der Waals surface area contributed by atoms with Crippen LogP contribution >= 0.6 is 0 Å². The molecule has 0 atom stereocenters. The summed E-state index contributed by atoms with van der Waals surface area (Å²) in [6.07, 6.45) is 0.580. The van der Waals surface area contributed by atoms with Gasteiger partial charge >= 0.3 is 5.97 Å². The first-order valence-electron chi connectivity index (χ1n) is 10.5. The minimum atomic E-state index is -3.88. The molecule has 0 saturated carbocycles. The Kier molecular flexibility index (Phi) is 7.65. The molecule has 0 aromatic heterocycles. The van der Waals surface area contributed by atoms with E-state index in [9.17, 15) is 18.0 Å². The highest BCUT2D eigenvalue weighted by atomic mass is 32.2. The van der Waals surface area contributed by atoms with Crippen LogP contribution in [0.3, 0.4) is 0 Å². The van der Waals surface area contributed by atoms with Crippen molar-refractivity contribution in [1.82, 2.24) is 9.21 Å². The van der Waals surface area contributed by atoms with E-state index in [1.807, 2.05) is 36.9 Å². The molecule has 32 heavy (non-hydrogen) atoms. The molecule has 1 amide bonds. The molecule has 2 aromatic rings. The molecule has 1 aliphatic rings. The van der Waals surface area contributed by atoms with Gasteiger partial charge in [0.2, 0.25) is 15.9 Å². The first kappa shape index (κ1) is 23.9. The zero-order valence-corrected chi connectivity index (χ0v) is 19.4. The van der Waals surface area contributed by atoms with Crippen molar-refractivity contribution in [3.8, 4) is 0 Å². The topological polar surface area (TPSA) is 96.0 Å². The molecule has 1 aliphatic heterocycles. The van der Waals surface area contributed by atoms with Gasteiger partial charge in [0.05, 0.1) is 24.1 Å². The number of rotatable bonds is 6. The van der Waals surface area contributed by atoms with Gasteiger partial charge in [-0.3, -0.25) is 9.69 Å². The van der Waals surface area contributed by atoms with Crippen molar-refractivity contribution in [2.24, 2.45) is 0 Å². The Morgan fingerprint density at radius 1 is 0.969 bits per heavy atom. The Morgan fingerprint density at radius 3 is 2.34 bits per heavy atom. The first-order valence-corrected chi connectivity index (χ1v) is 11.9. The van der Waals surface area contributed by atoms with Crippen LogP contribution in [0.25, 0.3) is 0 Å². The van der Waals surface area contributed by atoms with Gasteiger partial charge in [0.1, 0.15) is 0 Å². The highest BCUT2D eigenvalue weighted by molar-refractivity contribution is 7.89. The Hall–Kier alpha value is -2.75. The third-order valence-corrected chi connectivity index (χ3v) is 7.53. The highest BCUT2D eigenvalue weighted by Gasteiger charge is 2.31. The number of hydrogen-bond acceptors (Lipinski definition) is 6. The number of carbonyl (C=O) groups is 2. The SMILES string of the molecule is COC(=O)c1ccccc1S(=O)(=O)N1CCCN(CC(=O)Nc2c(C)cccc2C)CC1. The molecule has 8 nitrogen and oxygen atoms in total. The van der Waals surface area contributed by atoms with Gasteiger partial charge in [0.15, 0.2) is 0 Å². The zero-order chi connectivity index (χ0) is 23.3. The lowest BCUT2D eigenvalue weighted by molar-refractivity contribution is -0.117. The number of sulfonamides is 1. The number of methoxy groups -OCH3 is 1. The van der Waals surface area contributed by atoms with Crippen LogP contribution in [0.5, 0.6) is 0 Å². The molecule has 0 aliphatic carbocycles. The normalized spacial score (nSPS) is 15.7. The van der Waals surface area contributed by atoms with Crippen LogP contribution in [0.2, 0.25) is 0 Å². The summed E-state index contributed by atoms with van der Waals surface area (Å²) in [7, 11) is -2.66. The summed E-state index contributed by atoms with van der Waals surface area (Å²) in [5.74, 6) is -0.821. The summed E-state index contributed by atoms with van der Waals surface area (Å²) < 4.78 is 32.6. The Morgan fingerprint density at radius 2 is 1.66 bits per heavy atom. The van der Waals surface area contributed by atoms with Crippen LogP contribution in [0.1, 0.15) is 27.9 Å². The summed E-state index contributed by atoms with van der Waals surface area (Å²) in [5.41, 5.74) is 2.83. The van der Waals surface area contributed by atoms with Gasteiger partial charge < -0.3 is 10.1 Å². The number of anilines is 1. The lowest BCUT2D eigenvalue weighted by Gasteiger charge is -2.22. The summed E-state index contributed by atoms with van der Waals surface area (Å²) in [6, 6.07) is 11.9. The van der Waals surface area contributed by atoms with Gasteiger partial charge in [-0.05, 0) is 50.1 Å². The van der Waals surface area contributed by atoms with E-state index in [0.717, 1.165) is 16.8 Å². The molecule has 0 unspecified atom stereocenters. The van der Waals surface area contributed by atoms with Crippen LogP contribution < -0.4 is 5.32 Å². The maximum Gasteiger partial charge on any atom is 0.339 e. The molecule has 3 rings (SSSR count). The summed E-state index contributed by atoms with van der Waals surface area (Å²) in [6.45, 7) is 5.64. The van der Waals surface area contributed by atoms with E-state index in [1.54, 1.807) is 12.1 Å². The first-order chi connectivity index (χ1) is 15.2. The highest BCUT2D eigenvalue weighted by Crippen LogP contribution is 2.23. The second-order valence-corrected chi connectivity index (χ2v) is 9.74. The van der Waals surface area contributed by atoms with E-state index in [0.29, 0.717) is 26.1 Å². The maximum absolute atomic E-state index is 13.2. The number of nitrogens with zero attached hydrogens (tertiary/aromatic N) is 2. The van der Waals surface area contributed by atoms with Crippen LogP contribution in [0, 0.1) is 13.8 Å². The van der Waals surface area contributed by atoms with E-state index in [4.69, 9.17) is 4.74 Å². The molecule has 0 spiro atoms. The Balaban J connectivity index is 1.68. The molecule has 1 heterocycles. The summed E-state index contributed by atoms with van der Waals surface area (Å²) in [4.78, 5) is 26.5. The lowest BCUT2D eigenvalue weighted by atomic mass is 10.1. The molecule has 1 fully saturated rings. The molecule has 1 N–H and O–H groups in total. The van der Waals surface area contributed by atoms with Crippen molar-refractivity contribution in [2.45, 2.75) is 25.2 Å². The predicted octanol–water partition coefficient (Wildman–Crippen LogP) is 2.43. The van der Waals surface area contributed by atoms with Gasteiger partial charge in [0.25, 0.3) is 0 Å². The fraction of sp³-hybridized carbons (Fsp3) is 0.391. The van der Waals surface area contributed by atoms with Gasteiger partial charge in [-0.25, -0.2) is 13.2 Å². The number of amides is 1. The molecular weight excluding hydrogens is 430 g/mol. The van der Waals surface area contributed by atoms with Crippen molar-refractivity contribution in [2.75, 3.05) is 45.2 Å². The number of nitrogens with one attached hydrogen (secondary N) is 1. The van der Waals surface area contributed by atoms with Crippen LogP contribution in [-0.4, -0.2) is 69.3 Å². The van der Waals surface area contributed by atoms with Crippen LogP contribution in [-0.2, 0) is 19.6 Å². The number of para-hydroxylation sites is 1. The smallest absolute Gasteiger partial charge is 0.339 e. The Labute approximate surface area is 189 Å². The van der Waals surface area contributed by atoms with E-state index >= 15 is 0 Å². The number of carbonyl (C=O) groups excluding carboxylic acids is 2. The van der Waals surface area contributed by atoms with Crippen molar-refractivity contribution in [3.63, 3.8) is 0 Å². The van der Waals surface area contributed by atoms with E-state index < -0.39 is 16.0 Å². The second-order valence-electron chi connectivity index (χ2n) is 7.84. The summed E-state index contributed by atoms with van der Waals surface area (Å²) in [5, 5.41) is 2.98. The minimum absolute atomic E-state index is 0.0177. The average Bonchev–Trinajstić information content (AvgIpc) is 3.02. The van der Waals surface area contributed by atoms with E-state index in [2.05, 4.69) is 5.32 Å². The molecule has 1 saturated heterocycles. The number of benzene rings is 2. The molecule has 0 radical (unpaired) electrons. The quantitative estimate of drug-likeness (QED) is 0.667. The standard InChI is InChI=1S/C23H29N3O5S/c1-17-8-6-9-18(2)22(17)24-21(27)16-25-12-7-13-26(15-14-25)32(29,30)20-11-5-4-10-19(20)23(28)31-3/h4-6,8-11H,7,12-16H2,1-3H3,(H,24,27). The molecule has 172 valence electrons. The monoisotopic (exact) mass is 459 g/mol. The van der Waals surface area contributed by atoms with Gasteiger partial charge in [-0.1, -0.05) is 30.3 Å². The molecule has 2 aromatic carbocycles. The van der Waals surface area contributed by atoms with Crippen molar-refractivity contribution in [1.29, 1.82) is 0 Å². The fourth-order valence-electron chi connectivity index (χ4n) is 3.85. The Bertz CT molecular complexity index is 1080. The third-order valence-electron chi connectivity index (χ3n) is 5.57. The number of ether oxygens (including phenoxy) is 1. The third kappa shape index (κ3) is 5.35. The summed E-state index contributed by atoms with van der Waals surface area (Å²) >= 11 is 0. The van der Waals surface area contributed by atoms with Crippen molar-refractivity contribution < 1.29 is 22.7 Å². The second kappa shape index (κ2) is 10.2. The average molecular weight is 460 g/mol. The fourth-order valence-corrected chi connectivity index (χ4v) is 5.50. The van der Waals surface area contributed by atoms with E-state index in [1.165, 1.54) is 23.5 Å². The zero-order valence-electron chi connectivity index (χ0n) is 18.6. The number of hydrogen-bond donors (Lipinski definition) is 1. The largest absolute Gasteiger partial charge is 0.465 e. The van der Waals surface area contributed by atoms with E-state index in [-0.39, 0.29) is 29.5 Å². The number of aryl methyl sites for hydroxylation is 2. The predicted molar refractivity (Wildman–Crippen MR) is 122 cm³/mol. The molecule has 9 heteroatoms. The lowest BCUT2D eigenvalue weighted by Crippen LogP contribution is -2.38. The molecule has 0 bridgehead atoms. The van der Waals surface area contributed by atoms with Crippen LogP contribution in [0.15, 0.2) is 47.4 Å². The van der Waals surface area contributed by atoms with Gasteiger partial charge in [-0.15, -0.1) is 0 Å². The minimum Gasteiger partial charge on any atom is -0.465 e. The van der Waals surface area contributed by atoms with Gasteiger partial charge in [-0.2, -0.15) is 4.31 Å². The number of esters is 1. The van der Waals surface area contributed by atoms with Crippen molar-refractivity contribution in [3.05, 3.63) is 59.2 Å². The maximum atomic E-state index is 13.2.